The molecule has 1 fully saturated rings. The number of rotatable bonds is 10. The molecule has 0 spiro atoms. The van der Waals surface area contributed by atoms with Crippen LogP contribution < -0.4 is 0 Å². The molecule has 1 aliphatic heterocycles. The molecule has 0 radical (unpaired) electrons. The maximum atomic E-state index is 13.2. The lowest BCUT2D eigenvalue weighted by Crippen LogP contribution is -2.48. The van der Waals surface area contributed by atoms with Gasteiger partial charge in [-0.3, -0.25) is 9.78 Å². The Labute approximate surface area is 199 Å². The number of likely N-dealkylation sites (N-methyl/N-ethyl adjacent to an activating group) is 1. The average Bonchev–Trinajstić information content (AvgIpc) is 2.81. The minimum absolute atomic E-state index is 0.113. The first kappa shape index (κ1) is 25.6. The standard InChI is InChI=1S/C23H29Cl2N5O2/c1-3-4-7-20(24)8-5-6-13-28(2)23(32)30(21-10-14-29(18-31)15-11-21)27-16-19-9-12-26-17-22(19)25/h3,5-7,9,12,16-18,21H,1,4,8,10-11,13-15H2,2H3/b6-5-,20-7+,27-16+. The summed E-state index contributed by atoms with van der Waals surface area (Å²) in [6.07, 6.45) is 15.7. The van der Waals surface area contributed by atoms with Crippen molar-refractivity contribution in [2.75, 3.05) is 26.7 Å². The minimum atomic E-state index is -0.228. The zero-order valence-electron chi connectivity index (χ0n) is 18.2. The third-order valence-corrected chi connectivity index (χ3v) is 5.63. The van der Waals surface area contributed by atoms with E-state index < -0.39 is 0 Å². The zero-order chi connectivity index (χ0) is 23.3. The molecular weight excluding hydrogens is 449 g/mol. The molecule has 0 aliphatic carbocycles. The first-order valence-electron chi connectivity index (χ1n) is 10.4. The van der Waals surface area contributed by atoms with Crippen LogP contribution in [0.25, 0.3) is 0 Å². The summed E-state index contributed by atoms with van der Waals surface area (Å²) in [5, 5.41) is 7.15. The highest BCUT2D eigenvalue weighted by Gasteiger charge is 2.29. The highest BCUT2D eigenvalue weighted by molar-refractivity contribution is 6.32. The van der Waals surface area contributed by atoms with Crippen molar-refractivity contribution in [1.29, 1.82) is 0 Å². The maximum Gasteiger partial charge on any atom is 0.340 e. The summed E-state index contributed by atoms with van der Waals surface area (Å²) in [6.45, 7) is 5.25. The summed E-state index contributed by atoms with van der Waals surface area (Å²) >= 11 is 12.3. The summed E-state index contributed by atoms with van der Waals surface area (Å²) < 4.78 is 0. The Morgan fingerprint density at radius 1 is 1.38 bits per heavy atom. The van der Waals surface area contributed by atoms with Gasteiger partial charge in [0, 0.05) is 56.1 Å². The monoisotopic (exact) mass is 477 g/mol. The molecule has 0 unspecified atom stereocenters. The van der Waals surface area contributed by atoms with Gasteiger partial charge < -0.3 is 9.80 Å². The Bertz CT molecular complexity index is 864. The number of allylic oxidation sites excluding steroid dienone is 4. The molecule has 7 nitrogen and oxygen atoms in total. The summed E-state index contributed by atoms with van der Waals surface area (Å²) in [7, 11) is 1.73. The third kappa shape index (κ3) is 8.13. The first-order chi connectivity index (χ1) is 15.5. The van der Waals surface area contributed by atoms with E-state index in [9.17, 15) is 9.59 Å². The normalized spacial score (nSPS) is 15.3. The largest absolute Gasteiger partial charge is 0.345 e. The molecule has 0 N–H and O–H groups in total. The van der Waals surface area contributed by atoms with Crippen LogP contribution in [-0.2, 0) is 4.79 Å². The molecule has 1 aromatic heterocycles. The van der Waals surface area contributed by atoms with Crippen LogP contribution in [0.4, 0.5) is 4.79 Å². The number of aromatic nitrogens is 1. The van der Waals surface area contributed by atoms with Gasteiger partial charge in [-0.2, -0.15) is 5.10 Å². The van der Waals surface area contributed by atoms with E-state index >= 15 is 0 Å². The summed E-state index contributed by atoms with van der Waals surface area (Å²) in [5.41, 5.74) is 0.674. The van der Waals surface area contributed by atoms with E-state index in [1.807, 2.05) is 18.2 Å². The highest BCUT2D eigenvalue weighted by Crippen LogP contribution is 2.19. The predicted octanol–water partition coefficient (Wildman–Crippen LogP) is 4.69. The average molecular weight is 478 g/mol. The second-order valence-corrected chi connectivity index (χ2v) is 8.27. The summed E-state index contributed by atoms with van der Waals surface area (Å²) in [6, 6.07) is 1.40. The SMILES string of the molecule is C=CC/C=C(/Cl)C/C=C\CN(C)C(=O)N(/N=C/c1ccncc1Cl)C1CCN(C=O)CC1. The number of hydrogen-bond donors (Lipinski definition) is 0. The lowest BCUT2D eigenvalue weighted by Gasteiger charge is -2.35. The van der Waals surface area contributed by atoms with E-state index in [0.717, 1.165) is 17.9 Å². The molecule has 3 amide bonds. The van der Waals surface area contributed by atoms with Gasteiger partial charge in [0.2, 0.25) is 6.41 Å². The number of halogens is 2. The van der Waals surface area contributed by atoms with Crippen LogP contribution in [0.15, 0.2) is 59.5 Å². The van der Waals surface area contributed by atoms with Crippen molar-refractivity contribution in [3.8, 4) is 0 Å². The number of piperidine rings is 1. The van der Waals surface area contributed by atoms with Gasteiger partial charge in [-0.1, -0.05) is 47.5 Å². The fourth-order valence-corrected chi connectivity index (χ4v) is 3.47. The second-order valence-electron chi connectivity index (χ2n) is 7.37. The molecule has 32 heavy (non-hydrogen) atoms. The Kier molecular flexibility index (Phi) is 11.0. The zero-order valence-corrected chi connectivity index (χ0v) is 19.8. The van der Waals surface area contributed by atoms with Gasteiger partial charge in [0.1, 0.15) is 0 Å². The number of likely N-dealkylation sites (tertiary alicyclic amines) is 1. The summed E-state index contributed by atoms with van der Waals surface area (Å²) in [4.78, 5) is 31.5. The van der Waals surface area contributed by atoms with Gasteiger partial charge in [0.15, 0.2) is 0 Å². The molecule has 1 aliphatic rings. The predicted molar refractivity (Wildman–Crippen MR) is 130 cm³/mol. The van der Waals surface area contributed by atoms with Gasteiger partial charge in [0.25, 0.3) is 0 Å². The Hall–Kier alpha value is -2.64. The van der Waals surface area contributed by atoms with Crippen LogP contribution in [0.2, 0.25) is 5.02 Å². The van der Waals surface area contributed by atoms with Gasteiger partial charge in [-0.15, -0.1) is 6.58 Å². The fraction of sp³-hybridized carbons (Fsp3) is 0.391. The number of hydrazone groups is 1. The number of urea groups is 1. The van der Waals surface area contributed by atoms with Crippen LogP contribution in [0, 0.1) is 0 Å². The molecule has 2 heterocycles. The molecular formula is C23H29Cl2N5O2. The quantitative estimate of drug-likeness (QED) is 0.212. The third-order valence-electron chi connectivity index (χ3n) is 5.01. The van der Waals surface area contributed by atoms with Gasteiger partial charge in [-0.05, 0) is 25.3 Å². The van der Waals surface area contributed by atoms with Crippen molar-refractivity contribution in [2.45, 2.75) is 31.7 Å². The van der Waals surface area contributed by atoms with Crippen molar-refractivity contribution >= 4 is 41.9 Å². The van der Waals surface area contributed by atoms with Crippen LogP contribution in [-0.4, -0.2) is 71.2 Å². The second kappa shape index (κ2) is 13.7. The molecule has 0 saturated carbocycles. The van der Waals surface area contributed by atoms with Crippen molar-refractivity contribution in [3.63, 3.8) is 0 Å². The molecule has 9 heteroatoms. The topological polar surface area (TPSA) is 69.1 Å². The first-order valence-corrected chi connectivity index (χ1v) is 11.2. The fourth-order valence-electron chi connectivity index (χ4n) is 3.13. The van der Waals surface area contributed by atoms with Crippen molar-refractivity contribution in [3.05, 3.63) is 65.0 Å². The molecule has 1 aromatic rings. The van der Waals surface area contributed by atoms with E-state index in [-0.39, 0.29) is 12.1 Å². The summed E-state index contributed by atoms with van der Waals surface area (Å²) in [5.74, 6) is 0. The molecule has 2 rings (SSSR count). The maximum absolute atomic E-state index is 13.2. The van der Waals surface area contributed by atoms with E-state index in [2.05, 4.69) is 16.7 Å². The number of carbonyl (C=O) groups is 2. The lowest BCUT2D eigenvalue weighted by molar-refractivity contribution is -0.119. The van der Waals surface area contributed by atoms with Crippen molar-refractivity contribution < 1.29 is 9.59 Å². The van der Waals surface area contributed by atoms with Crippen molar-refractivity contribution in [2.24, 2.45) is 5.10 Å². The lowest BCUT2D eigenvalue weighted by atomic mass is 10.1. The van der Waals surface area contributed by atoms with E-state index in [0.29, 0.717) is 49.5 Å². The van der Waals surface area contributed by atoms with Crippen LogP contribution in [0.1, 0.15) is 31.2 Å². The van der Waals surface area contributed by atoms with Gasteiger partial charge >= 0.3 is 6.03 Å². The highest BCUT2D eigenvalue weighted by atomic mass is 35.5. The Morgan fingerprint density at radius 2 is 2.12 bits per heavy atom. The number of carbonyl (C=O) groups excluding carboxylic acids is 2. The van der Waals surface area contributed by atoms with E-state index in [1.54, 1.807) is 41.4 Å². The Morgan fingerprint density at radius 3 is 2.78 bits per heavy atom. The molecule has 172 valence electrons. The number of hydrogen-bond acceptors (Lipinski definition) is 4. The number of nitrogens with zero attached hydrogens (tertiary/aromatic N) is 5. The van der Waals surface area contributed by atoms with Crippen molar-refractivity contribution in [1.82, 2.24) is 19.8 Å². The van der Waals surface area contributed by atoms with Gasteiger partial charge in [-0.25, -0.2) is 9.80 Å². The molecule has 0 bridgehead atoms. The minimum Gasteiger partial charge on any atom is -0.345 e. The molecule has 0 aromatic carbocycles. The van der Waals surface area contributed by atoms with Crippen LogP contribution >= 0.6 is 23.2 Å². The van der Waals surface area contributed by atoms with Crippen LogP contribution in [0.3, 0.4) is 0 Å². The smallest absolute Gasteiger partial charge is 0.340 e. The Balaban J connectivity index is 2.08. The van der Waals surface area contributed by atoms with E-state index in [4.69, 9.17) is 23.2 Å². The van der Waals surface area contributed by atoms with E-state index in [1.165, 1.54) is 11.2 Å². The molecule has 0 atom stereocenters. The number of pyridine rings is 1. The number of amides is 3. The van der Waals surface area contributed by atoms with Gasteiger partial charge in [0.05, 0.1) is 17.3 Å². The van der Waals surface area contributed by atoms with Crippen LogP contribution in [0.5, 0.6) is 0 Å². The molecule has 1 saturated heterocycles.